The van der Waals surface area contributed by atoms with Crippen LogP contribution in [0.25, 0.3) is 6.08 Å². The van der Waals surface area contributed by atoms with E-state index in [1.807, 2.05) is 102 Å². The van der Waals surface area contributed by atoms with Crippen molar-refractivity contribution < 1.29 is 23.9 Å². The molecule has 2 saturated heterocycles. The highest BCUT2D eigenvalue weighted by Crippen LogP contribution is 2.50. The third-order valence-corrected chi connectivity index (χ3v) is 8.43. The Balaban J connectivity index is 1.31. The first-order chi connectivity index (χ1) is 20.6. The summed E-state index contributed by atoms with van der Waals surface area (Å²) in [7, 11) is 1.56. The van der Waals surface area contributed by atoms with E-state index < -0.39 is 41.9 Å². The molecule has 0 spiro atoms. The fourth-order valence-corrected chi connectivity index (χ4v) is 6.54. The molecule has 2 amide bonds. The number of anilines is 2. The van der Waals surface area contributed by atoms with Crippen LogP contribution in [-0.4, -0.2) is 37.0 Å². The van der Waals surface area contributed by atoms with Crippen LogP contribution in [0.1, 0.15) is 22.8 Å². The highest BCUT2D eigenvalue weighted by atomic mass is 16.5. The number of fused-ring (bicyclic) bond motifs is 5. The van der Waals surface area contributed by atoms with Gasteiger partial charge < -0.3 is 14.4 Å². The van der Waals surface area contributed by atoms with E-state index >= 15 is 0 Å². The Bertz CT molecular complexity index is 1650. The third kappa shape index (κ3) is 4.08. The van der Waals surface area contributed by atoms with Gasteiger partial charge in [-0.15, -0.1) is 0 Å². The summed E-state index contributed by atoms with van der Waals surface area (Å²) >= 11 is 0. The molecule has 7 rings (SSSR count). The Morgan fingerprint density at radius 2 is 1.33 bits per heavy atom. The van der Waals surface area contributed by atoms with Crippen LogP contribution in [0.4, 0.5) is 11.4 Å². The fraction of sp³-hybridized carbons (Fsp3) is 0.171. The minimum Gasteiger partial charge on any atom is -0.497 e. The van der Waals surface area contributed by atoms with E-state index in [0.717, 1.165) is 22.4 Å². The number of ether oxygens (including phenoxy) is 2. The van der Waals surface area contributed by atoms with Crippen molar-refractivity contribution in [3.63, 3.8) is 0 Å². The molecule has 42 heavy (non-hydrogen) atoms. The molecule has 0 N–H and O–H groups in total. The molecule has 0 bridgehead atoms. The van der Waals surface area contributed by atoms with Crippen LogP contribution in [0, 0.1) is 11.8 Å². The first-order valence-corrected chi connectivity index (χ1v) is 13.9. The molecule has 4 aromatic carbocycles. The van der Waals surface area contributed by atoms with Gasteiger partial charge in [0.2, 0.25) is 11.8 Å². The van der Waals surface area contributed by atoms with Crippen molar-refractivity contribution in [2.45, 2.75) is 18.2 Å². The average Bonchev–Trinajstić information content (AvgIpc) is 3.53. The maximum atomic E-state index is 14.4. The molecule has 3 aliphatic heterocycles. The van der Waals surface area contributed by atoms with E-state index in [4.69, 9.17) is 9.47 Å². The molecular formula is C35H28N2O5. The van der Waals surface area contributed by atoms with E-state index in [2.05, 4.69) is 0 Å². The predicted octanol–water partition coefficient (Wildman–Crippen LogP) is 5.42. The molecule has 3 heterocycles. The van der Waals surface area contributed by atoms with Crippen LogP contribution in [-0.2, 0) is 19.1 Å². The third-order valence-electron chi connectivity index (χ3n) is 8.43. The highest BCUT2D eigenvalue weighted by Gasteiger charge is 2.65. The van der Waals surface area contributed by atoms with Gasteiger partial charge in [-0.25, -0.2) is 9.69 Å². The number of rotatable bonds is 6. The van der Waals surface area contributed by atoms with Crippen molar-refractivity contribution >= 4 is 35.2 Å². The molecule has 4 unspecified atom stereocenters. The van der Waals surface area contributed by atoms with Gasteiger partial charge in [0.1, 0.15) is 11.8 Å². The van der Waals surface area contributed by atoms with E-state index in [1.54, 1.807) is 31.4 Å². The maximum Gasteiger partial charge on any atom is 0.330 e. The second-order valence-corrected chi connectivity index (χ2v) is 10.7. The number of benzene rings is 4. The summed E-state index contributed by atoms with van der Waals surface area (Å²) in [5.41, 5.74) is 3.80. The van der Waals surface area contributed by atoms with Gasteiger partial charge in [0.05, 0.1) is 30.7 Å². The fourth-order valence-electron chi connectivity index (χ4n) is 6.54. The molecule has 2 fully saturated rings. The number of esters is 1. The van der Waals surface area contributed by atoms with E-state index in [0.29, 0.717) is 11.4 Å². The number of carbonyl (C=O) groups is 3. The lowest BCUT2D eigenvalue weighted by Gasteiger charge is -2.36. The molecule has 208 valence electrons. The summed E-state index contributed by atoms with van der Waals surface area (Å²) in [5.74, 6) is -2.33. The molecule has 7 heteroatoms. The lowest BCUT2D eigenvalue weighted by Crippen LogP contribution is -2.49. The van der Waals surface area contributed by atoms with E-state index in [9.17, 15) is 14.4 Å². The summed E-state index contributed by atoms with van der Waals surface area (Å²) in [4.78, 5) is 45.7. The number of hydrogen-bond donors (Lipinski definition) is 0. The molecule has 0 radical (unpaired) electrons. The van der Waals surface area contributed by atoms with Gasteiger partial charge in [0, 0.05) is 5.69 Å². The molecule has 0 aliphatic carbocycles. The molecule has 4 atom stereocenters. The molecule has 4 aromatic rings. The summed E-state index contributed by atoms with van der Waals surface area (Å²) in [6.45, 7) is 0. The Labute approximate surface area is 243 Å². The Kier molecular flexibility index (Phi) is 6.35. The normalized spacial score (nSPS) is 22.1. The van der Waals surface area contributed by atoms with Crippen LogP contribution in [0.3, 0.4) is 0 Å². The summed E-state index contributed by atoms with van der Waals surface area (Å²) in [6, 6.07) is 32.1. The SMILES string of the molecule is COc1ccc(N2C(=O)C3C(C2=O)C(C(=O)OC(c2ccccc2)c2ccccc2)N2c4ccccc4C=CC32)cc1. The second kappa shape index (κ2) is 10.3. The molecule has 3 aliphatic rings. The Morgan fingerprint density at radius 3 is 1.98 bits per heavy atom. The standard InChI is InChI=1S/C35H28N2O5/c1-41-26-19-17-25(18-20-26)36-33(38)29-28-21-16-22-10-8-9-15-27(22)37(28)31(30(29)34(36)39)35(40)42-32(23-11-4-2-5-12-23)24-13-6-3-7-14-24/h2-21,28-32H,1H3. The zero-order chi connectivity index (χ0) is 28.8. The first kappa shape index (κ1) is 25.8. The van der Waals surface area contributed by atoms with Crippen LogP contribution >= 0.6 is 0 Å². The summed E-state index contributed by atoms with van der Waals surface area (Å²) < 4.78 is 11.6. The molecule has 0 aromatic heterocycles. The number of hydrogen-bond acceptors (Lipinski definition) is 6. The van der Waals surface area contributed by atoms with E-state index in [-0.39, 0.29) is 5.91 Å². The van der Waals surface area contributed by atoms with Gasteiger partial charge in [0.25, 0.3) is 0 Å². The zero-order valence-corrected chi connectivity index (χ0v) is 22.9. The minimum atomic E-state index is -0.999. The van der Waals surface area contributed by atoms with Crippen LogP contribution in [0.5, 0.6) is 5.75 Å². The van der Waals surface area contributed by atoms with Gasteiger partial charge in [-0.1, -0.05) is 91.0 Å². The first-order valence-electron chi connectivity index (χ1n) is 13.9. The van der Waals surface area contributed by atoms with Crippen LogP contribution < -0.4 is 14.5 Å². The van der Waals surface area contributed by atoms with Crippen molar-refractivity contribution in [3.05, 3.63) is 132 Å². The van der Waals surface area contributed by atoms with Gasteiger partial charge in [-0.2, -0.15) is 0 Å². The van der Waals surface area contributed by atoms with Crippen molar-refractivity contribution in [2.75, 3.05) is 16.9 Å². The number of amides is 2. The largest absolute Gasteiger partial charge is 0.497 e. The van der Waals surface area contributed by atoms with Gasteiger partial charge >= 0.3 is 5.97 Å². The van der Waals surface area contributed by atoms with Crippen molar-refractivity contribution in [1.29, 1.82) is 0 Å². The highest BCUT2D eigenvalue weighted by molar-refractivity contribution is 6.24. The monoisotopic (exact) mass is 556 g/mol. The molecule has 7 nitrogen and oxygen atoms in total. The zero-order valence-electron chi connectivity index (χ0n) is 22.9. The van der Waals surface area contributed by atoms with Crippen LogP contribution in [0.15, 0.2) is 115 Å². The minimum absolute atomic E-state index is 0.327. The molecular weight excluding hydrogens is 528 g/mol. The predicted molar refractivity (Wildman–Crippen MR) is 159 cm³/mol. The smallest absolute Gasteiger partial charge is 0.330 e. The average molecular weight is 557 g/mol. The lowest BCUT2D eigenvalue weighted by molar-refractivity contribution is -0.151. The van der Waals surface area contributed by atoms with Crippen molar-refractivity contribution in [2.24, 2.45) is 11.8 Å². The van der Waals surface area contributed by atoms with Crippen LogP contribution in [0.2, 0.25) is 0 Å². The number of nitrogens with zero attached hydrogens (tertiary/aromatic N) is 2. The van der Waals surface area contributed by atoms with Gasteiger partial charge in [0.15, 0.2) is 6.10 Å². The maximum absolute atomic E-state index is 14.4. The Morgan fingerprint density at radius 1 is 0.738 bits per heavy atom. The van der Waals surface area contributed by atoms with Crippen molar-refractivity contribution in [3.8, 4) is 5.75 Å². The van der Waals surface area contributed by atoms with Gasteiger partial charge in [-0.3, -0.25) is 9.59 Å². The number of methoxy groups -OCH3 is 1. The number of carbonyl (C=O) groups excluding carboxylic acids is 3. The molecule has 0 saturated carbocycles. The van der Waals surface area contributed by atoms with Crippen molar-refractivity contribution in [1.82, 2.24) is 0 Å². The lowest BCUT2D eigenvalue weighted by atomic mass is 9.88. The Hall–Kier alpha value is -5.17. The van der Waals surface area contributed by atoms with E-state index in [1.165, 1.54) is 4.90 Å². The summed E-state index contributed by atoms with van der Waals surface area (Å²) in [6.07, 6.45) is 3.21. The van der Waals surface area contributed by atoms with Gasteiger partial charge in [-0.05, 0) is 47.0 Å². The number of para-hydroxylation sites is 1. The number of imide groups is 1. The topological polar surface area (TPSA) is 76.1 Å². The quantitative estimate of drug-likeness (QED) is 0.233. The second-order valence-electron chi connectivity index (χ2n) is 10.7. The summed E-state index contributed by atoms with van der Waals surface area (Å²) in [5, 5.41) is 0.